The SMILES string of the molecule is CCCC(Br)CNS(=O)(=O)c1cc(Br)ccc1Br. The molecule has 0 aliphatic heterocycles. The summed E-state index contributed by atoms with van der Waals surface area (Å²) in [7, 11) is -3.48. The van der Waals surface area contributed by atoms with E-state index in [4.69, 9.17) is 0 Å². The second-order valence-electron chi connectivity index (χ2n) is 3.81. The molecule has 0 spiro atoms. The van der Waals surface area contributed by atoms with Gasteiger partial charge in [-0.05, 0) is 40.5 Å². The molecule has 0 bridgehead atoms. The van der Waals surface area contributed by atoms with Crippen LogP contribution in [0, 0.1) is 0 Å². The molecule has 0 aromatic heterocycles. The Morgan fingerprint density at radius 3 is 2.61 bits per heavy atom. The van der Waals surface area contributed by atoms with Crippen molar-refractivity contribution in [1.82, 2.24) is 4.72 Å². The van der Waals surface area contributed by atoms with E-state index in [1.54, 1.807) is 18.2 Å². The zero-order valence-electron chi connectivity index (χ0n) is 9.79. The van der Waals surface area contributed by atoms with Gasteiger partial charge in [0.1, 0.15) is 0 Å². The first-order valence-electron chi connectivity index (χ1n) is 5.45. The third-order valence-electron chi connectivity index (χ3n) is 2.28. The number of sulfonamides is 1. The van der Waals surface area contributed by atoms with Crippen LogP contribution in [-0.4, -0.2) is 19.8 Å². The number of rotatable bonds is 6. The number of hydrogen-bond acceptors (Lipinski definition) is 2. The van der Waals surface area contributed by atoms with Crippen LogP contribution >= 0.6 is 47.8 Å². The number of nitrogens with one attached hydrogen (secondary N) is 1. The summed E-state index contributed by atoms with van der Waals surface area (Å²) in [6, 6.07) is 5.07. The molecule has 102 valence electrons. The summed E-state index contributed by atoms with van der Waals surface area (Å²) in [5.74, 6) is 0. The Balaban J connectivity index is 2.83. The van der Waals surface area contributed by atoms with Gasteiger partial charge in [-0.15, -0.1) is 0 Å². The summed E-state index contributed by atoms with van der Waals surface area (Å²) < 4.78 is 28.2. The molecular weight excluding hydrogens is 450 g/mol. The van der Waals surface area contributed by atoms with Gasteiger partial charge in [-0.25, -0.2) is 13.1 Å². The first-order valence-corrected chi connectivity index (χ1v) is 9.44. The Bertz CT molecular complexity index is 505. The average molecular weight is 464 g/mol. The summed E-state index contributed by atoms with van der Waals surface area (Å²) in [6.45, 7) is 2.45. The minimum absolute atomic E-state index is 0.156. The third-order valence-corrected chi connectivity index (χ3v) is 5.97. The molecule has 0 radical (unpaired) electrons. The van der Waals surface area contributed by atoms with Crippen molar-refractivity contribution in [3.63, 3.8) is 0 Å². The summed E-state index contributed by atoms with van der Waals surface area (Å²) >= 11 is 9.97. The van der Waals surface area contributed by atoms with Crippen LogP contribution in [0.1, 0.15) is 19.8 Å². The normalized spacial score (nSPS) is 13.6. The van der Waals surface area contributed by atoms with Gasteiger partial charge in [0.05, 0.1) is 4.90 Å². The van der Waals surface area contributed by atoms with E-state index in [-0.39, 0.29) is 9.72 Å². The topological polar surface area (TPSA) is 46.2 Å². The molecule has 3 nitrogen and oxygen atoms in total. The lowest BCUT2D eigenvalue weighted by molar-refractivity contribution is 0.577. The van der Waals surface area contributed by atoms with Crippen molar-refractivity contribution in [3.8, 4) is 0 Å². The van der Waals surface area contributed by atoms with Gasteiger partial charge in [-0.3, -0.25) is 0 Å². The van der Waals surface area contributed by atoms with Crippen molar-refractivity contribution >= 4 is 57.8 Å². The van der Waals surface area contributed by atoms with Gasteiger partial charge in [0.15, 0.2) is 0 Å². The van der Waals surface area contributed by atoms with Crippen molar-refractivity contribution in [2.75, 3.05) is 6.54 Å². The quantitative estimate of drug-likeness (QED) is 0.647. The standard InChI is InChI=1S/C11H14Br3NO2S/c1-2-3-9(13)7-15-18(16,17)11-6-8(12)4-5-10(11)14/h4-6,9,15H,2-3,7H2,1H3. The minimum atomic E-state index is -3.48. The monoisotopic (exact) mass is 461 g/mol. The molecule has 1 aromatic carbocycles. The van der Waals surface area contributed by atoms with E-state index >= 15 is 0 Å². The predicted octanol–water partition coefficient (Wildman–Crippen LogP) is 4.05. The molecule has 0 heterocycles. The van der Waals surface area contributed by atoms with Crippen LogP contribution in [0.4, 0.5) is 0 Å². The minimum Gasteiger partial charge on any atom is -0.210 e. The molecule has 0 saturated carbocycles. The Labute approximate surface area is 133 Å². The first kappa shape index (κ1) is 16.6. The Morgan fingerprint density at radius 2 is 2.00 bits per heavy atom. The van der Waals surface area contributed by atoms with Gasteiger partial charge in [0.2, 0.25) is 10.0 Å². The van der Waals surface area contributed by atoms with Crippen molar-refractivity contribution < 1.29 is 8.42 Å². The highest BCUT2D eigenvalue weighted by atomic mass is 79.9. The highest BCUT2D eigenvalue weighted by molar-refractivity contribution is 9.11. The van der Waals surface area contributed by atoms with Crippen LogP contribution in [0.15, 0.2) is 32.0 Å². The van der Waals surface area contributed by atoms with E-state index < -0.39 is 10.0 Å². The van der Waals surface area contributed by atoms with Gasteiger partial charge < -0.3 is 0 Å². The molecule has 7 heteroatoms. The van der Waals surface area contributed by atoms with Gasteiger partial charge in [-0.1, -0.05) is 45.2 Å². The van der Waals surface area contributed by atoms with Crippen LogP contribution in [0.5, 0.6) is 0 Å². The first-order chi connectivity index (χ1) is 8.36. The number of halogens is 3. The van der Waals surface area contributed by atoms with E-state index in [2.05, 4.69) is 59.4 Å². The van der Waals surface area contributed by atoms with Gasteiger partial charge in [0.25, 0.3) is 0 Å². The molecule has 0 aliphatic rings. The predicted molar refractivity (Wildman–Crippen MR) is 84.7 cm³/mol. The molecule has 1 N–H and O–H groups in total. The van der Waals surface area contributed by atoms with Crippen molar-refractivity contribution in [2.24, 2.45) is 0 Å². The van der Waals surface area contributed by atoms with Gasteiger partial charge >= 0.3 is 0 Å². The zero-order valence-corrected chi connectivity index (χ0v) is 15.4. The summed E-state index contributed by atoms with van der Waals surface area (Å²) in [5, 5.41) is 0. The Morgan fingerprint density at radius 1 is 1.33 bits per heavy atom. The molecule has 1 rings (SSSR count). The van der Waals surface area contributed by atoms with E-state index in [9.17, 15) is 8.42 Å². The number of benzene rings is 1. The highest BCUT2D eigenvalue weighted by Gasteiger charge is 2.18. The number of hydrogen-bond donors (Lipinski definition) is 1. The Hall–Kier alpha value is 0.570. The fraction of sp³-hybridized carbons (Fsp3) is 0.455. The third kappa shape index (κ3) is 4.92. The van der Waals surface area contributed by atoms with Crippen LogP contribution in [0.3, 0.4) is 0 Å². The second-order valence-corrected chi connectivity index (χ2v) is 8.61. The fourth-order valence-corrected chi connectivity index (χ4v) is 4.79. The van der Waals surface area contributed by atoms with Crippen molar-refractivity contribution in [1.29, 1.82) is 0 Å². The van der Waals surface area contributed by atoms with Gasteiger partial charge in [0, 0.05) is 20.3 Å². The highest BCUT2D eigenvalue weighted by Crippen LogP contribution is 2.25. The Kier molecular flexibility index (Phi) is 6.81. The summed E-state index contributed by atoms with van der Waals surface area (Å²) in [5.41, 5.74) is 0. The van der Waals surface area contributed by atoms with E-state index in [0.717, 1.165) is 17.3 Å². The van der Waals surface area contributed by atoms with Crippen molar-refractivity contribution in [2.45, 2.75) is 29.5 Å². The number of alkyl halides is 1. The van der Waals surface area contributed by atoms with Crippen LogP contribution in [-0.2, 0) is 10.0 Å². The van der Waals surface area contributed by atoms with E-state index in [0.29, 0.717) is 11.0 Å². The largest absolute Gasteiger partial charge is 0.241 e. The molecule has 1 unspecified atom stereocenters. The smallest absolute Gasteiger partial charge is 0.210 e. The van der Waals surface area contributed by atoms with E-state index in [1.165, 1.54) is 0 Å². The maximum atomic E-state index is 12.1. The maximum Gasteiger partial charge on any atom is 0.241 e. The molecule has 1 atom stereocenters. The molecular formula is C11H14Br3NO2S. The van der Waals surface area contributed by atoms with Crippen LogP contribution in [0.25, 0.3) is 0 Å². The van der Waals surface area contributed by atoms with Gasteiger partial charge in [-0.2, -0.15) is 0 Å². The van der Waals surface area contributed by atoms with Crippen LogP contribution < -0.4 is 4.72 Å². The average Bonchev–Trinajstić information content (AvgIpc) is 2.30. The van der Waals surface area contributed by atoms with E-state index in [1.807, 2.05) is 0 Å². The molecule has 18 heavy (non-hydrogen) atoms. The molecule has 0 fully saturated rings. The molecule has 0 aliphatic carbocycles. The molecule has 1 aromatic rings. The lowest BCUT2D eigenvalue weighted by Gasteiger charge is -2.12. The lowest BCUT2D eigenvalue weighted by Crippen LogP contribution is -2.29. The van der Waals surface area contributed by atoms with Crippen molar-refractivity contribution in [3.05, 3.63) is 27.1 Å². The zero-order chi connectivity index (χ0) is 13.8. The summed E-state index contributed by atoms with van der Waals surface area (Å²) in [4.78, 5) is 0.399. The molecule has 0 amide bonds. The lowest BCUT2D eigenvalue weighted by atomic mass is 10.2. The van der Waals surface area contributed by atoms with Crippen LogP contribution in [0.2, 0.25) is 0 Å². The second kappa shape index (κ2) is 7.38. The fourth-order valence-electron chi connectivity index (χ4n) is 1.38. The molecule has 0 saturated heterocycles. The maximum absolute atomic E-state index is 12.1. The summed E-state index contributed by atoms with van der Waals surface area (Å²) in [6.07, 6.45) is 1.94.